The molecule has 8 heteroatoms. The molecule has 0 spiro atoms. The number of carbonyl (C=O) groups excluding carboxylic acids is 1. The van der Waals surface area contributed by atoms with E-state index in [0.717, 1.165) is 27.8 Å². The van der Waals surface area contributed by atoms with Gasteiger partial charge in [-0.2, -0.15) is 0 Å². The number of rotatable bonds is 9. The van der Waals surface area contributed by atoms with Crippen LogP contribution in [0.1, 0.15) is 60.5 Å². The molecule has 2 heterocycles. The van der Waals surface area contributed by atoms with Crippen molar-refractivity contribution in [3.05, 3.63) is 161 Å². The number of esters is 1. The molecule has 46 heavy (non-hydrogen) atoms. The smallest absolute Gasteiger partial charge is 0.338 e. The summed E-state index contributed by atoms with van der Waals surface area (Å²) in [6.07, 6.45) is 1.82. The lowest BCUT2D eigenvalue weighted by Gasteiger charge is -2.26. The Balaban J connectivity index is 1.53. The van der Waals surface area contributed by atoms with Crippen LogP contribution in [0.3, 0.4) is 0 Å². The molecule has 232 valence electrons. The number of ether oxygens (including phenoxy) is 2. The Labute approximate surface area is 276 Å². The van der Waals surface area contributed by atoms with Gasteiger partial charge < -0.3 is 9.47 Å². The fraction of sp³-hybridized carbons (Fsp3) is 0.184. The number of hydrogen-bond acceptors (Lipinski definition) is 6. The van der Waals surface area contributed by atoms with E-state index in [1.165, 1.54) is 11.3 Å². The van der Waals surface area contributed by atoms with Crippen LogP contribution in [0.25, 0.3) is 11.8 Å². The SMILES string of the molecule is CCOC(=O)C1=C(c2ccccc2)N=c2s/c(=C/c3ccccc3OCc3ccccc3Cl)c(=O)n2[C@H]1c1ccc(C(C)C)cc1. The summed E-state index contributed by atoms with van der Waals surface area (Å²) in [5.41, 5.74) is 4.90. The molecule has 0 bridgehead atoms. The van der Waals surface area contributed by atoms with Gasteiger partial charge in [0.25, 0.3) is 5.56 Å². The highest BCUT2D eigenvalue weighted by atomic mass is 35.5. The zero-order valence-electron chi connectivity index (χ0n) is 25.8. The number of thiazole rings is 1. The highest BCUT2D eigenvalue weighted by Crippen LogP contribution is 2.35. The van der Waals surface area contributed by atoms with Gasteiger partial charge in [-0.15, -0.1) is 0 Å². The van der Waals surface area contributed by atoms with E-state index in [1.54, 1.807) is 11.5 Å². The molecule has 1 aliphatic rings. The maximum atomic E-state index is 14.3. The van der Waals surface area contributed by atoms with Gasteiger partial charge in [0, 0.05) is 21.7 Å². The molecule has 0 saturated carbocycles. The fourth-order valence-electron chi connectivity index (χ4n) is 5.46. The van der Waals surface area contributed by atoms with Crippen molar-refractivity contribution in [1.82, 2.24) is 4.57 Å². The van der Waals surface area contributed by atoms with Crippen molar-refractivity contribution in [1.29, 1.82) is 0 Å². The Kier molecular flexibility index (Phi) is 9.33. The highest BCUT2D eigenvalue weighted by Gasteiger charge is 2.35. The molecule has 6 rings (SSSR count). The van der Waals surface area contributed by atoms with Crippen molar-refractivity contribution < 1.29 is 14.3 Å². The second-order valence-electron chi connectivity index (χ2n) is 11.2. The molecule has 1 atom stereocenters. The first-order valence-corrected chi connectivity index (χ1v) is 16.4. The third-order valence-electron chi connectivity index (χ3n) is 7.84. The molecular weight excluding hydrogens is 616 g/mol. The van der Waals surface area contributed by atoms with E-state index in [2.05, 4.69) is 13.8 Å². The second kappa shape index (κ2) is 13.7. The Morgan fingerprint density at radius 3 is 2.37 bits per heavy atom. The first-order valence-electron chi connectivity index (χ1n) is 15.2. The molecule has 0 saturated heterocycles. The maximum absolute atomic E-state index is 14.3. The summed E-state index contributed by atoms with van der Waals surface area (Å²) in [6.45, 7) is 6.50. The van der Waals surface area contributed by atoms with Crippen LogP contribution < -0.4 is 19.6 Å². The average molecular weight is 649 g/mol. The van der Waals surface area contributed by atoms with E-state index in [0.29, 0.717) is 37.3 Å². The van der Waals surface area contributed by atoms with Crippen molar-refractivity contribution >= 4 is 40.7 Å². The average Bonchev–Trinajstić information content (AvgIpc) is 3.38. The number of para-hydroxylation sites is 1. The summed E-state index contributed by atoms with van der Waals surface area (Å²) in [5.74, 6) is 0.443. The van der Waals surface area contributed by atoms with E-state index < -0.39 is 12.0 Å². The van der Waals surface area contributed by atoms with Gasteiger partial charge in [0.1, 0.15) is 12.4 Å². The van der Waals surface area contributed by atoms with Gasteiger partial charge in [-0.1, -0.05) is 128 Å². The van der Waals surface area contributed by atoms with Crippen LogP contribution in [0.15, 0.2) is 118 Å². The summed E-state index contributed by atoms with van der Waals surface area (Å²) < 4.78 is 13.9. The molecule has 0 fully saturated rings. The Morgan fingerprint density at radius 1 is 0.957 bits per heavy atom. The van der Waals surface area contributed by atoms with Crippen LogP contribution in [0, 0.1) is 0 Å². The van der Waals surface area contributed by atoms with Crippen molar-refractivity contribution in [3.63, 3.8) is 0 Å². The monoisotopic (exact) mass is 648 g/mol. The first kappa shape index (κ1) is 31.3. The summed E-state index contributed by atoms with van der Waals surface area (Å²) in [6, 6.07) is 32.0. The van der Waals surface area contributed by atoms with Crippen LogP contribution in [-0.2, 0) is 16.1 Å². The van der Waals surface area contributed by atoms with Crippen LogP contribution in [-0.4, -0.2) is 17.1 Å². The van der Waals surface area contributed by atoms with Gasteiger partial charge in [-0.05, 0) is 42.2 Å². The maximum Gasteiger partial charge on any atom is 0.338 e. The molecule has 1 aromatic heterocycles. The molecule has 5 aromatic rings. The van der Waals surface area contributed by atoms with E-state index in [1.807, 2.05) is 109 Å². The van der Waals surface area contributed by atoms with Crippen LogP contribution >= 0.6 is 22.9 Å². The van der Waals surface area contributed by atoms with E-state index in [9.17, 15) is 9.59 Å². The lowest BCUT2D eigenvalue weighted by molar-refractivity contribution is -0.138. The quantitative estimate of drug-likeness (QED) is 0.157. The van der Waals surface area contributed by atoms with Crippen molar-refractivity contribution in [2.45, 2.75) is 39.3 Å². The van der Waals surface area contributed by atoms with E-state index in [4.69, 9.17) is 26.1 Å². The highest BCUT2D eigenvalue weighted by molar-refractivity contribution is 7.07. The second-order valence-corrected chi connectivity index (χ2v) is 12.6. The van der Waals surface area contributed by atoms with Gasteiger partial charge in [0.05, 0.1) is 28.5 Å². The Morgan fingerprint density at radius 2 is 1.65 bits per heavy atom. The standard InChI is InChI=1S/C38H33ClN2O4S/c1-4-44-37(43)33-34(26-12-6-5-7-13-26)40-38-41(35(33)27-20-18-25(19-21-27)24(2)3)36(42)32(46-38)22-28-14-9-11-17-31(28)45-23-29-15-8-10-16-30(29)39/h5-22,24,35H,4,23H2,1-3H3/b32-22+/t35-/m0/s1. The molecule has 0 aliphatic carbocycles. The molecule has 0 unspecified atom stereocenters. The molecule has 1 aliphatic heterocycles. The molecule has 0 radical (unpaired) electrons. The molecule has 4 aromatic carbocycles. The predicted molar refractivity (Wildman–Crippen MR) is 184 cm³/mol. The number of carbonyl (C=O) groups is 1. The van der Waals surface area contributed by atoms with Crippen molar-refractivity contribution in [2.24, 2.45) is 4.99 Å². The summed E-state index contributed by atoms with van der Waals surface area (Å²) in [4.78, 5) is 33.5. The molecular formula is C38H33ClN2O4S. The normalized spacial score (nSPS) is 14.6. The lowest BCUT2D eigenvalue weighted by atomic mass is 9.91. The van der Waals surface area contributed by atoms with Crippen LogP contribution in [0.2, 0.25) is 5.02 Å². The Hall–Kier alpha value is -4.72. The van der Waals surface area contributed by atoms with Crippen molar-refractivity contribution in [2.75, 3.05) is 6.61 Å². The summed E-state index contributed by atoms with van der Waals surface area (Å²) >= 11 is 7.64. The topological polar surface area (TPSA) is 69.9 Å². The minimum atomic E-state index is -0.736. The van der Waals surface area contributed by atoms with E-state index in [-0.39, 0.29) is 18.8 Å². The Bertz CT molecular complexity index is 2100. The van der Waals surface area contributed by atoms with Gasteiger partial charge >= 0.3 is 5.97 Å². The number of aromatic nitrogens is 1. The molecule has 6 nitrogen and oxygen atoms in total. The fourth-order valence-corrected chi connectivity index (χ4v) is 6.64. The summed E-state index contributed by atoms with van der Waals surface area (Å²) in [5, 5.41) is 0.626. The van der Waals surface area contributed by atoms with Gasteiger partial charge in [-0.25, -0.2) is 9.79 Å². The molecule has 0 amide bonds. The lowest BCUT2D eigenvalue weighted by Crippen LogP contribution is -2.40. The summed E-state index contributed by atoms with van der Waals surface area (Å²) in [7, 11) is 0. The van der Waals surface area contributed by atoms with Gasteiger partial charge in [0.2, 0.25) is 0 Å². The third kappa shape index (κ3) is 6.34. The zero-order valence-corrected chi connectivity index (χ0v) is 27.3. The largest absolute Gasteiger partial charge is 0.488 e. The number of nitrogens with zero attached hydrogens (tertiary/aromatic N) is 2. The molecule has 0 N–H and O–H groups in total. The minimum Gasteiger partial charge on any atom is -0.488 e. The number of fused-ring (bicyclic) bond motifs is 1. The van der Waals surface area contributed by atoms with Gasteiger partial charge in [0.15, 0.2) is 4.80 Å². The van der Waals surface area contributed by atoms with Crippen LogP contribution in [0.5, 0.6) is 5.75 Å². The zero-order chi connectivity index (χ0) is 32.2. The van der Waals surface area contributed by atoms with E-state index >= 15 is 0 Å². The number of halogens is 1. The van der Waals surface area contributed by atoms with Gasteiger partial charge in [-0.3, -0.25) is 9.36 Å². The predicted octanol–water partition coefficient (Wildman–Crippen LogP) is 7.29. The number of benzene rings is 4. The van der Waals surface area contributed by atoms with Crippen LogP contribution in [0.4, 0.5) is 0 Å². The minimum absolute atomic E-state index is 0.193. The number of hydrogen-bond donors (Lipinski definition) is 0. The first-order chi connectivity index (χ1) is 22.4. The third-order valence-corrected chi connectivity index (χ3v) is 9.19. The van der Waals surface area contributed by atoms with Crippen molar-refractivity contribution in [3.8, 4) is 5.75 Å².